The molecular formula is C20H17F3N4OS. The Balaban J connectivity index is 1.76. The molecule has 4 aromatic rings. The lowest BCUT2D eigenvalue weighted by molar-refractivity contribution is -0.137. The van der Waals surface area contributed by atoms with Gasteiger partial charge in [0.2, 0.25) is 5.89 Å². The maximum atomic E-state index is 13.1. The van der Waals surface area contributed by atoms with Crippen molar-refractivity contribution in [1.82, 2.24) is 19.7 Å². The largest absolute Gasteiger partial charge is 0.416 e. The zero-order chi connectivity index (χ0) is 20.6. The van der Waals surface area contributed by atoms with Crippen LogP contribution in [0.15, 0.2) is 58.2 Å². The maximum absolute atomic E-state index is 13.1. The minimum absolute atomic E-state index is 0.204. The molecule has 2 aromatic heterocycles. The number of halogens is 3. The number of aromatic nitrogens is 4. The number of alkyl halides is 3. The molecule has 150 valence electrons. The molecule has 0 N–H and O–H groups in total. The summed E-state index contributed by atoms with van der Waals surface area (Å²) in [5, 5.41) is 4.18. The van der Waals surface area contributed by atoms with Crippen LogP contribution in [0.4, 0.5) is 13.2 Å². The molecule has 9 heteroatoms. The Morgan fingerprint density at radius 3 is 2.52 bits per heavy atom. The summed E-state index contributed by atoms with van der Waals surface area (Å²) in [4.78, 5) is 8.73. The molecule has 0 saturated heterocycles. The number of benzene rings is 2. The Morgan fingerprint density at radius 2 is 1.86 bits per heavy atom. The molecule has 0 fully saturated rings. The molecule has 0 unspecified atom stereocenters. The van der Waals surface area contributed by atoms with Gasteiger partial charge in [-0.15, -0.1) is 0 Å². The Kier molecular flexibility index (Phi) is 5.08. The summed E-state index contributed by atoms with van der Waals surface area (Å²) in [7, 11) is 0. The van der Waals surface area contributed by atoms with Crippen LogP contribution < -0.4 is 0 Å². The van der Waals surface area contributed by atoms with Gasteiger partial charge in [0.25, 0.3) is 0 Å². The fourth-order valence-corrected chi connectivity index (χ4v) is 3.93. The van der Waals surface area contributed by atoms with E-state index >= 15 is 0 Å². The molecule has 0 radical (unpaired) electrons. The number of nitrogens with zero attached hydrogens (tertiary/aromatic N) is 4. The van der Waals surface area contributed by atoms with E-state index in [4.69, 9.17) is 4.52 Å². The van der Waals surface area contributed by atoms with E-state index in [0.717, 1.165) is 17.7 Å². The summed E-state index contributed by atoms with van der Waals surface area (Å²) in [6.45, 7) is 4.11. The first-order valence-electron chi connectivity index (χ1n) is 8.89. The van der Waals surface area contributed by atoms with E-state index < -0.39 is 11.7 Å². The average molecular weight is 418 g/mol. The molecule has 0 aliphatic carbocycles. The van der Waals surface area contributed by atoms with Gasteiger partial charge in [-0.25, -0.2) is 4.98 Å². The van der Waals surface area contributed by atoms with Crippen molar-refractivity contribution in [3.8, 4) is 0 Å². The third kappa shape index (κ3) is 4.14. The zero-order valence-electron chi connectivity index (χ0n) is 15.6. The number of hydrogen-bond donors (Lipinski definition) is 0. The van der Waals surface area contributed by atoms with Crippen LogP contribution in [-0.2, 0) is 12.7 Å². The van der Waals surface area contributed by atoms with E-state index in [0.29, 0.717) is 34.4 Å². The van der Waals surface area contributed by atoms with Crippen molar-refractivity contribution in [3.63, 3.8) is 0 Å². The standard InChI is InChI=1S/C20H17F3N4OS/c1-12(18-24-13(2)26-28-18)29-19-25-16-10-15(20(21,22)23)8-9-17(16)27(19)11-14-6-4-3-5-7-14/h3-10,12H,11H2,1-2H3/t12-/m0/s1. The monoisotopic (exact) mass is 418 g/mol. The Hall–Kier alpha value is -2.81. The van der Waals surface area contributed by atoms with E-state index in [1.807, 2.05) is 41.8 Å². The number of thioether (sulfide) groups is 1. The van der Waals surface area contributed by atoms with Gasteiger partial charge in [0.05, 0.1) is 28.4 Å². The van der Waals surface area contributed by atoms with Gasteiger partial charge in [-0.2, -0.15) is 18.2 Å². The van der Waals surface area contributed by atoms with Crippen LogP contribution in [0.1, 0.15) is 35.0 Å². The van der Waals surface area contributed by atoms with Crippen molar-refractivity contribution in [2.75, 3.05) is 0 Å². The summed E-state index contributed by atoms with van der Waals surface area (Å²) >= 11 is 1.37. The lowest BCUT2D eigenvalue weighted by atomic mass is 10.2. The second-order valence-electron chi connectivity index (χ2n) is 6.61. The van der Waals surface area contributed by atoms with Gasteiger partial charge >= 0.3 is 6.18 Å². The fraction of sp³-hybridized carbons (Fsp3) is 0.250. The average Bonchev–Trinajstić information content (AvgIpc) is 3.25. The zero-order valence-corrected chi connectivity index (χ0v) is 16.5. The van der Waals surface area contributed by atoms with Crippen molar-refractivity contribution >= 4 is 22.8 Å². The number of rotatable bonds is 5. The molecule has 0 aliphatic rings. The van der Waals surface area contributed by atoms with Crippen LogP contribution >= 0.6 is 11.8 Å². The Morgan fingerprint density at radius 1 is 1.10 bits per heavy atom. The second kappa shape index (κ2) is 7.55. The topological polar surface area (TPSA) is 56.7 Å². The molecule has 0 spiro atoms. The first kappa shape index (κ1) is 19.5. The molecule has 29 heavy (non-hydrogen) atoms. The van der Waals surface area contributed by atoms with Crippen molar-refractivity contribution < 1.29 is 17.7 Å². The van der Waals surface area contributed by atoms with Gasteiger partial charge in [-0.1, -0.05) is 47.3 Å². The smallest absolute Gasteiger partial charge is 0.338 e. The summed E-state index contributed by atoms with van der Waals surface area (Å²) in [6, 6.07) is 13.3. The highest BCUT2D eigenvalue weighted by Crippen LogP contribution is 2.37. The van der Waals surface area contributed by atoms with E-state index in [-0.39, 0.29) is 5.25 Å². The van der Waals surface area contributed by atoms with Gasteiger partial charge in [-0.3, -0.25) is 0 Å². The van der Waals surface area contributed by atoms with Gasteiger partial charge < -0.3 is 9.09 Å². The predicted octanol–water partition coefficient (Wildman–Crippen LogP) is 5.65. The van der Waals surface area contributed by atoms with Gasteiger partial charge in [-0.05, 0) is 37.6 Å². The van der Waals surface area contributed by atoms with Crippen LogP contribution in [0.2, 0.25) is 0 Å². The lowest BCUT2D eigenvalue weighted by Crippen LogP contribution is -2.05. The summed E-state index contributed by atoms with van der Waals surface area (Å²) in [5.41, 5.74) is 1.24. The van der Waals surface area contributed by atoms with Crippen LogP contribution in [0.3, 0.4) is 0 Å². The normalized spacial score (nSPS) is 13.1. The summed E-state index contributed by atoms with van der Waals surface area (Å²) in [5.74, 6) is 0.974. The summed E-state index contributed by atoms with van der Waals surface area (Å²) in [6.07, 6.45) is -4.42. The Bertz CT molecular complexity index is 1140. The predicted molar refractivity (Wildman–Crippen MR) is 104 cm³/mol. The SMILES string of the molecule is Cc1noc([C@H](C)Sc2nc3cc(C(F)(F)F)ccc3n2Cc2ccccc2)n1. The van der Waals surface area contributed by atoms with Crippen molar-refractivity contribution in [3.05, 3.63) is 71.4 Å². The number of imidazole rings is 1. The molecule has 0 amide bonds. The molecule has 0 aliphatic heterocycles. The van der Waals surface area contributed by atoms with E-state index in [1.165, 1.54) is 17.8 Å². The molecule has 0 saturated carbocycles. The molecule has 5 nitrogen and oxygen atoms in total. The third-order valence-corrected chi connectivity index (χ3v) is 5.47. The van der Waals surface area contributed by atoms with E-state index in [2.05, 4.69) is 15.1 Å². The quantitative estimate of drug-likeness (QED) is 0.392. The lowest BCUT2D eigenvalue weighted by Gasteiger charge is -2.11. The molecule has 0 bridgehead atoms. The van der Waals surface area contributed by atoms with E-state index in [9.17, 15) is 13.2 Å². The van der Waals surface area contributed by atoms with Gasteiger partial charge in [0, 0.05) is 0 Å². The molecule has 1 atom stereocenters. The highest BCUT2D eigenvalue weighted by atomic mass is 32.2. The van der Waals surface area contributed by atoms with Gasteiger partial charge in [0.15, 0.2) is 11.0 Å². The number of hydrogen-bond acceptors (Lipinski definition) is 5. The van der Waals surface area contributed by atoms with Crippen LogP contribution in [0.25, 0.3) is 11.0 Å². The molecule has 2 heterocycles. The minimum Gasteiger partial charge on any atom is -0.338 e. The van der Waals surface area contributed by atoms with Crippen molar-refractivity contribution in [2.24, 2.45) is 0 Å². The minimum atomic E-state index is -4.42. The molecule has 4 rings (SSSR count). The maximum Gasteiger partial charge on any atom is 0.416 e. The van der Waals surface area contributed by atoms with Crippen LogP contribution in [0, 0.1) is 6.92 Å². The first-order valence-corrected chi connectivity index (χ1v) is 9.77. The third-order valence-electron chi connectivity index (χ3n) is 4.40. The fourth-order valence-electron chi connectivity index (χ4n) is 2.98. The number of aryl methyl sites for hydroxylation is 1. The highest BCUT2D eigenvalue weighted by Gasteiger charge is 2.31. The van der Waals surface area contributed by atoms with Crippen molar-refractivity contribution in [1.29, 1.82) is 0 Å². The van der Waals surface area contributed by atoms with Gasteiger partial charge in [0.1, 0.15) is 0 Å². The molecule has 2 aromatic carbocycles. The summed E-state index contributed by atoms with van der Waals surface area (Å²) < 4.78 is 46.5. The Labute approximate surface area is 168 Å². The van der Waals surface area contributed by atoms with E-state index in [1.54, 1.807) is 6.92 Å². The van der Waals surface area contributed by atoms with Crippen LogP contribution in [0.5, 0.6) is 0 Å². The molecular weight excluding hydrogens is 401 g/mol. The highest BCUT2D eigenvalue weighted by molar-refractivity contribution is 7.99. The number of fused-ring (bicyclic) bond motifs is 1. The second-order valence-corrected chi connectivity index (χ2v) is 7.92. The first-order chi connectivity index (χ1) is 13.8. The van der Waals surface area contributed by atoms with Crippen LogP contribution in [-0.4, -0.2) is 19.7 Å². The van der Waals surface area contributed by atoms with Crippen molar-refractivity contribution in [2.45, 2.75) is 37.0 Å².